The van der Waals surface area contributed by atoms with Crippen molar-refractivity contribution in [2.45, 2.75) is 58.7 Å². The summed E-state index contributed by atoms with van der Waals surface area (Å²) in [6.45, 7) is 7.45. The van der Waals surface area contributed by atoms with Crippen LogP contribution in [0.1, 0.15) is 45.4 Å². The monoisotopic (exact) mass is 223 g/mol. The molecule has 1 saturated heterocycles. The van der Waals surface area contributed by atoms with Crippen LogP contribution in [0.15, 0.2) is 0 Å². The van der Waals surface area contributed by atoms with Gasteiger partial charge in [0, 0.05) is 12.6 Å². The van der Waals surface area contributed by atoms with E-state index in [1.54, 1.807) is 0 Å². The van der Waals surface area contributed by atoms with Gasteiger partial charge in [0.15, 0.2) is 5.82 Å². The summed E-state index contributed by atoms with van der Waals surface area (Å²) in [6, 6.07) is 0.667. The molecule has 1 atom stereocenters. The van der Waals surface area contributed by atoms with Crippen LogP contribution in [0.5, 0.6) is 0 Å². The van der Waals surface area contributed by atoms with E-state index in [0.29, 0.717) is 6.04 Å². The van der Waals surface area contributed by atoms with Crippen LogP contribution in [-0.4, -0.2) is 37.7 Å². The van der Waals surface area contributed by atoms with E-state index in [0.717, 1.165) is 25.3 Å². The molecule has 1 aromatic rings. The summed E-state index contributed by atoms with van der Waals surface area (Å²) >= 11 is 0. The zero-order valence-corrected chi connectivity index (χ0v) is 10.3. The molecule has 5 nitrogen and oxygen atoms in total. The quantitative estimate of drug-likeness (QED) is 0.775. The van der Waals surface area contributed by atoms with Crippen molar-refractivity contribution in [2.75, 3.05) is 6.54 Å². The molecule has 0 saturated carbocycles. The highest BCUT2D eigenvalue weighted by atomic mass is 15.5. The topological polar surface area (TPSA) is 46.8 Å². The van der Waals surface area contributed by atoms with E-state index < -0.39 is 0 Å². The van der Waals surface area contributed by atoms with Gasteiger partial charge in [0.25, 0.3) is 0 Å². The summed E-state index contributed by atoms with van der Waals surface area (Å²) < 4.78 is 1.93. The third-order valence-electron chi connectivity index (χ3n) is 3.33. The normalized spacial score (nSPS) is 22.5. The number of likely N-dealkylation sites (tertiary alicyclic amines) is 1. The highest BCUT2D eigenvalue weighted by Crippen LogP contribution is 2.18. The number of nitrogens with zero attached hydrogens (tertiary/aromatic N) is 5. The Bertz CT molecular complexity index is 322. The van der Waals surface area contributed by atoms with Crippen molar-refractivity contribution in [3.8, 4) is 0 Å². The summed E-state index contributed by atoms with van der Waals surface area (Å²) in [5.41, 5.74) is 0. The largest absolute Gasteiger partial charge is 0.293 e. The molecule has 16 heavy (non-hydrogen) atoms. The van der Waals surface area contributed by atoms with E-state index >= 15 is 0 Å². The van der Waals surface area contributed by atoms with E-state index in [9.17, 15) is 0 Å². The smallest absolute Gasteiger partial charge is 0.165 e. The number of aryl methyl sites for hydroxylation is 1. The minimum absolute atomic E-state index is 0.667. The summed E-state index contributed by atoms with van der Waals surface area (Å²) in [6.07, 6.45) is 5.04. The van der Waals surface area contributed by atoms with Crippen molar-refractivity contribution >= 4 is 0 Å². The van der Waals surface area contributed by atoms with Gasteiger partial charge in [-0.15, -0.1) is 5.10 Å². The van der Waals surface area contributed by atoms with Gasteiger partial charge in [0.05, 0.1) is 6.54 Å². The first kappa shape index (κ1) is 11.5. The number of piperidine rings is 1. The van der Waals surface area contributed by atoms with Gasteiger partial charge < -0.3 is 0 Å². The summed E-state index contributed by atoms with van der Waals surface area (Å²) in [7, 11) is 0. The Kier molecular flexibility index (Phi) is 3.88. The Morgan fingerprint density at radius 3 is 3.00 bits per heavy atom. The van der Waals surface area contributed by atoms with Crippen molar-refractivity contribution < 1.29 is 0 Å². The van der Waals surface area contributed by atoms with E-state index in [-0.39, 0.29) is 0 Å². The molecule has 5 heteroatoms. The van der Waals surface area contributed by atoms with Crippen LogP contribution < -0.4 is 0 Å². The van der Waals surface area contributed by atoms with Crippen LogP contribution in [-0.2, 0) is 13.1 Å². The first-order valence-corrected chi connectivity index (χ1v) is 6.30. The van der Waals surface area contributed by atoms with E-state index in [2.05, 4.69) is 34.3 Å². The highest BCUT2D eigenvalue weighted by Gasteiger charge is 2.20. The second kappa shape index (κ2) is 5.39. The Morgan fingerprint density at radius 1 is 1.38 bits per heavy atom. The Balaban J connectivity index is 1.99. The molecular formula is C11H21N5. The minimum atomic E-state index is 0.667. The maximum atomic E-state index is 4.12. The fourth-order valence-corrected chi connectivity index (χ4v) is 2.30. The minimum Gasteiger partial charge on any atom is -0.293 e. The zero-order chi connectivity index (χ0) is 11.4. The number of tetrazole rings is 1. The fraction of sp³-hybridized carbons (Fsp3) is 0.909. The number of aromatic nitrogens is 4. The molecule has 0 aliphatic carbocycles. The molecule has 90 valence electrons. The third-order valence-corrected chi connectivity index (χ3v) is 3.33. The van der Waals surface area contributed by atoms with Crippen molar-refractivity contribution in [1.29, 1.82) is 0 Å². The molecule has 0 bridgehead atoms. The number of rotatable bonds is 4. The maximum Gasteiger partial charge on any atom is 0.165 e. The maximum absolute atomic E-state index is 4.12. The van der Waals surface area contributed by atoms with Crippen LogP contribution in [0, 0.1) is 0 Å². The molecular weight excluding hydrogens is 202 g/mol. The first-order chi connectivity index (χ1) is 7.81. The molecule has 0 amide bonds. The van der Waals surface area contributed by atoms with Gasteiger partial charge in [-0.25, -0.2) is 4.68 Å². The lowest BCUT2D eigenvalue weighted by molar-refractivity contribution is 0.146. The molecule has 0 N–H and O–H groups in total. The molecule has 2 heterocycles. The lowest BCUT2D eigenvalue weighted by Gasteiger charge is -2.32. The number of hydrogen-bond donors (Lipinski definition) is 0. The zero-order valence-electron chi connectivity index (χ0n) is 10.3. The van der Waals surface area contributed by atoms with Gasteiger partial charge in [-0.3, -0.25) is 4.90 Å². The van der Waals surface area contributed by atoms with Crippen molar-refractivity contribution in [3.63, 3.8) is 0 Å². The van der Waals surface area contributed by atoms with Crippen molar-refractivity contribution in [2.24, 2.45) is 0 Å². The van der Waals surface area contributed by atoms with Crippen molar-refractivity contribution in [1.82, 2.24) is 25.1 Å². The molecule has 0 aromatic carbocycles. The average molecular weight is 223 g/mol. The highest BCUT2D eigenvalue weighted by molar-refractivity contribution is 4.84. The molecule has 1 aliphatic heterocycles. The Labute approximate surface area is 96.8 Å². The van der Waals surface area contributed by atoms with Gasteiger partial charge in [0.1, 0.15) is 0 Å². The summed E-state index contributed by atoms with van der Waals surface area (Å²) in [5, 5.41) is 11.9. The lowest BCUT2D eigenvalue weighted by Crippen LogP contribution is -2.37. The predicted octanol–water partition coefficient (Wildman–Crippen LogP) is 1.46. The van der Waals surface area contributed by atoms with Gasteiger partial charge in [0.2, 0.25) is 0 Å². The SMILES string of the molecule is CCCn1nnnc1CN1CCCCC1C. The molecule has 0 radical (unpaired) electrons. The fourth-order valence-electron chi connectivity index (χ4n) is 2.30. The molecule has 1 fully saturated rings. The standard InChI is InChI=1S/C11H21N5/c1-3-7-16-11(12-13-14-16)9-15-8-5-4-6-10(15)2/h10H,3-9H2,1-2H3. The Morgan fingerprint density at radius 2 is 2.25 bits per heavy atom. The van der Waals surface area contributed by atoms with Gasteiger partial charge in [-0.05, 0) is 43.2 Å². The van der Waals surface area contributed by atoms with Crippen LogP contribution in [0.4, 0.5) is 0 Å². The van der Waals surface area contributed by atoms with Crippen molar-refractivity contribution in [3.05, 3.63) is 5.82 Å². The molecule has 0 spiro atoms. The van der Waals surface area contributed by atoms with Gasteiger partial charge >= 0.3 is 0 Å². The Hall–Kier alpha value is -0.970. The summed E-state index contributed by atoms with van der Waals surface area (Å²) in [4.78, 5) is 2.49. The van der Waals surface area contributed by atoms with E-state index in [1.165, 1.54) is 25.8 Å². The lowest BCUT2D eigenvalue weighted by atomic mass is 10.0. The van der Waals surface area contributed by atoms with Gasteiger partial charge in [-0.2, -0.15) is 0 Å². The van der Waals surface area contributed by atoms with Crippen LogP contribution in [0.3, 0.4) is 0 Å². The average Bonchev–Trinajstić information content (AvgIpc) is 2.70. The van der Waals surface area contributed by atoms with Crippen LogP contribution in [0.25, 0.3) is 0 Å². The van der Waals surface area contributed by atoms with Gasteiger partial charge in [-0.1, -0.05) is 13.3 Å². The molecule has 1 aliphatic rings. The third kappa shape index (κ3) is 2.58. The summed E-state index contributed by atoms with van der Waals surface area (Å²) in [5.74, 6) is 1.01. The molecule has 2 rings (SSSR count). The molecule has 1 aromatic heterocycles. The second-order valence-corrected chi connectivity index (χ2v) is 4.63. The van der Waals surface area contributed by atoms with Crippen LogP contribution in [0.2, 0.25) is 0 Å². The predicted molar refractivity (Wildman–Crippen MR) is 61.8 cm³/mol. The van der Waals surface area contributed by atoms with E-state index in [1.807, 2.05) is 4.68 Å². The van der Waals surface area contributed by atoms with Crippen LogP contribution >= 0.6 is 0 Å². The number of hydrogen-bond acceptors (Lipinski definition) is 4. The molecule has 1 unspecified atom stereocenters. The first-order valence-electron chi connectivity index (χ1n) is 6.30. The van der Waals surface area contributed by atoms with E-state index in [4.69, 9.17) is 0 Å². The second-order valence-electron chi connectivity index (χ2n) is 4.63.